The molecule has 11 nitrogen and oxygen atoms in total. The number of fused-ring (bicyclic) bond motifs is 2. The molecule has 0 aliphatic carbocycles. The van der Waals surface area contributed by atoms with Crippen molar-refractivity contribution >= 4 is 51.9 Å². The number of carboxylic acid groups (broad SMARTS) is 1. The molecule has 0 spiro atoms. The lowest BCUT2D eigenvalue weighted by molar-refractivity contribution is -0.138. The van der Waals surface area contributed by atoms with Gasteiger partial charge in [0.1, 0.15) is 17.7 Å². The molecule has 45 heavy (non-hydrogen) atoms. The zero-order valence-corrected chi connectivity index (χ0v) is 26.5. The number of carbonyl (C=O) groups excluding carboxylic acids is 4. The Kier molecular flexibility index (Phi) is 9.80. The Bertz CT molecular complexity index is 1630. The minimum absolute atomic E-state index is 0.153. The van der Waals surface area contributed by atoms with Crippen LogP contribution in [0.2, 0.25) is 0 Å². The molecular formula is C34H40N4O7. The van der Waals surface area contributed by atoms with E-state index in [0.717, 1.165) is 26.8 Å². The lowest BCUT2D eigenvalue weighted by atomic mass is 9.99. The van der Waals surface area contributed by atoms with Crippen LogP contribution in [-0.2, 0) is 30.5 Å². The average Bonchev–Trinajstić information content (AvgIpc) is 3.10. The predicted molar refractivity (Wildman–Crippen MR) is 171 cm³/mol. The van der Waals surface area contributed by atoms with Crippen LogP contribution < -0.4 is 15.1 Å². The number of rotatable bonds is 8. The van der Waals surface area contributed by atoms with Crippen molar-refractivity contribution in [2.45, 2.75) is 71.7 Å². The van der Waals surface area contributed by atoms with Gasteiger partial charge in [-0.3, -0.25) is 24.1 Å². The summed E-state index contributed by atoms with van der Waals surface area (Å²) in [6.07, 6.45) is -1.39. The molecule has 4 amide bonds. The van der Waals surface area contributed by atoms with Gasteiger partial charge in [-0.1, -0.05) is 48.5 Å². The molecule has 4 rings (SSSR count). The normalized spacial score (nSPS) is 15.6. The van der Waals surface area contributed by atoms with Crippen molar-refractivity contribution in [3.8, 4) is 0 Å². The van der Waals surface area contributed by atoms with E-state index in [1.807, 2.05) is 43.3 Å². The van der Waals surface area contributed by atoms with Gasteiger partial charge in [0.2, 0.25) is 11.8 Å². The summed E-state index contributed by atoms with van der Waals surface area (Å²) in [5.74, 6) is -2.70. The molecular weight excluding hydrogens is 576 g/mol. The van der Waals surface area contributed by atoms with Crippen LogP contribution in [0.15, 0.2) is 60.7 Å². The number of benzene rings is 3. The second-order valence-corrected chi connectivity index (χ2v) is 12.2. The molecule has 238 valence electrons. The van der Waals surface area contributed by atoms with Crippen molar-refractivity contribution in [2.75, 3.05) is 23.4 Å². The topological polar surface area (TPSA) is 137 Å². The van der Waals surface area contributed by atoms with Gasteiger partial charge in [0.15, 0.2) is 0 Å². The van der Waals surface area contributed by atoms with Crippen LogP contribution in [-0.4, -0.2) is 71.1 Å². The smallest absolute Gasteiger partial charge is 0.410 e. The maximum Gasteiger partial charge on any atom is 0.410 e. The van der Waals surface area contributed by atoms with Crippen LogP contribution in [0.3, 0.4) is 0 Å². The number of carboxylic acids is 1. The molecule has 0 saturated carbocycles. The fourth-order valence-corrected chi connectivity index (χ4v) is 5.22. The number of para-hydroxylation sites is 2. The third-order valence-corrected chi connectivity index (χ3v) is 7.80. The van der Waals surface area contributed by atoms with E-state index >= 15 is 0 Å². The van der Waals surface area contributed by atoms with Crippen LogP contribution in [0.1, 0.15) is 51.7 Å². The number of aliphatic carboxylic acids is 1. The summed E-state index contributed by atoms with van der Waals surface area (Å²) in [5, 5.41) is 14.0. The Labute approximate surface area is 262 Å². The first-order valence-corrected chi connectivity index (χ1v) is 14.8. The maximum absolute atomic E-state index is 14.4. The van der Waals surface area contributed by atoms with Crippen molar-refractivity contribution in [2.24, 2.45) is 0 Å². The van der Waals surface area contributed by atoms with E-state index < -0.39 is 47.5 Å². The Morgan fingerprint density at radius 3 is 2.31 bits per heavy atom. The van der Waals surface area contributed by atoms with E-state index in [9.17, 15) is 29.1 Å². The zero-order valence-electron chi connectivity index (χ0n) is 26.5. The molecule has 3 aromatic carbocycles. The Hall–Kier alpha value is -4.93. The summed E-state index contributed by atoms with van der Waals surface area (Å²) in [6.45, 7) is 8.55. The first kappa shape index (κ1) is 33.0. The van der Waals surface area contributed by atoms with Gasteiger partial charge in [-0.2, -0.15) is 0 Å². The van der Waals surface area contributed by atoms with Gasteiger partial charge in [0.05, 0.1) is 30.9 Å². The number of nitrogens with one attached hydrogen (secondary N) is 1. The number of aryl methyl sites for hydroxylation is 1. The minimum Gasteiger partial charge on any atom is -0.481 e. The molecule has 1 aliphatic heterocycles. The third kappa shape index (κ3) is 7.60. The van der Waals surface area contributed by atoms with Gasteiger partial charge in [-0.25, -0.2) is 4.79 Å². The van der Waals surface area contributed by atoms with E-state index in [1.165, 1.54) is 18.9 Å². The molecule has 0 unspecified atom stereocenters. The molecule has 0 bridgehead atoms. The number of nitrogens with zero attached hydrogens (tertiary/aromatic N) is 3. The average molecular weight is 617 g/mol. The quantitative estimate of drug-likeness (QED) is 0.377. The molecule has 2 atom stereocenters. The van der Waals surface area contributed by atoms with Crippen LogP contribution in [0.25, 0.3) is 10.8 Å². The zero-order chi connectivity index (χ0) is 33.1. The predicted octanol–water partition coefficient (Wildman–Crippen LogP) is 4.63. The monoisotopic (exact) mass is 616 g/mol. The molecule has 1 heterocycles. The molecule has 0 fully saturated rings. The van der Waals surface area contributed by atoms with E-state index in [0.29, 0.717) is 11.4 Å². The summed E-state index contributed by atoms with van der Waals surface area (Å²) in [7, 11) is 1.43. The number of amides is 4. The number of ether oxygens (including phenoxy) is 1. The van der Waals surface area contributed by atoms with Gasteiger partial charge >= 0.3 is 12.1 Å². The molecule has 2 N–H and O–H groups in total. The largest absolute Gasteiger partial charge is 0.481 e. The molecule has 11 heteroatoms. The molecule has 3 aromatic rings. The number of carbonyl (C=O) groups is 5. The van der Waals surface area contributed by atoms with Crippen molar-refractivity contribution in [1.29, 1.82) is 0 Å². The van der Waals surface area contributed by atoms with Crippen molar-refractivity contribution in [3.05, 3.63) is 71.8 Å². The minimum atomic E-state index is -1.21. The summed E-state index contributed by atoms with van der Waals surface area (Å²) >= 11 is 0. The van der Waals surface area contributed by atoms with Gasteiger partial charge < -0.3 is 25.0 Å². The second-order valence-electron chi connectivity index (χ2n) is 12.2. The molecule has 0 aromatic heterocycles. The van der Waals surface area contributed by atoms with Crippen LogP contribution >= 0.6 is 0 Å². The van der Waals surface area contributed by atoms with Gasteiger partial charge in [-0.05, 0) is 68.7 Å². The van der Waals surface area contributed by atoms with E-state index in [1.54, 1.807) is 49.9 Å². The summed E-state index contributed by atoms with van der Waals surface area (Å²) in [4.78, 5) is 69.4. The first-order chi connectivity index (χ1) is 21.2. The highest BCUT2D eigenvalue weighted by atomic mass is 16.6. The first-order valence-electron chi connectivity index (χ1n) is 14.8. The molecule has 0 saturated heterocycles. The standard InChI is InChI=1S/C34H40N4O7/c1-21-15-16-23-11-7-8-12-24(23)25(21)19-38-28-14-10-9-13-27(28)37(29(39)17-18-30(40)41)20-26(32(38)43)35-31(42)22(2)36(6)33(44)45-34(3,4)5/h7-16,22,26H,17-20H2,1-6H3,(H,35,42)(H,40,41)/t22-,26-/m0/s1. The SMILES string of the molecule is Cc1ccc2ccccc2c1CN1C(=O)[C@@H](NC(=O)[C@H](C)N(C)C(=O)OC(C)(C)C)CN(C(=O)CCC(=O)O)c2ccccc21. The van der Waals surface area contributed by atoms with Gasteiger partial charge in [0.25, 0.3) is 5.91 Å². The lowest BCUT2D eigenvalue weighted by Gasteiger charge is -2.30. The molecule has 1 aliphatic rings. The van der Waals surface area contributed by atoms with E-state index in [-0.39, 0.29) is 25.9 Å². The highest BCUT2D eigenvalue weighted by Crippen LogP contribution is 2.36. The number of likely N-dealkylation sites (N-methyl/N-ethyl adjacent to an activating group) is 1. The Balaban J connectivity index is 1.74. The Morgan fingerprint density at radius 2 is 1.64 bits per heavy atom. The summed E-state index contributed by atoms with van der Waals surface area (Å²) in [6, 6.07) is 16.6. The number of anilines is 2. The van der Waals surface area contributed by atoms with Crippen LogP contribution in [0.4, 0.5) is 16.2 Å². The van der Waals surface area contributed by atoms with Gasteiger partial charge in [-0.15, -0.1) is 0 Å². The number of hydrogen-bond donors (Lipinski definition) is 2. The van der Waals surface area contributed by atoms with Crippen molar-refractivity contribution in [1.82, 2.24) is 10.2 Å². The maximum atomic E-state index is 14.4. The van der Waals surface area contributed by atoms with Crippen molar-refractivity contribution in [3.63, 3.8) is 0 Å². The summed E-state index contributed by atoms with van der Waals surface area (Å²) < 4.78 is 5.40. The second kappa shape index (κ2) is 13.4. The van der Waals surface area contributed by atoms with Gasteiger partial charge in [0, 0.05) is 13.5 Å². The van der Waals surface area contributed by atoms with E-state index in [2.05, 4.69) is 5.32 Å². The highest BCUT2D eigenvalue weighted by molar-refractivity contribution is 6.08. The van der Waals surface area contributed by atoms with Crippen LogP contribution in [0, 0.1) is 6.92 Å². The Morgan fingerprint density at radius 1 is 1.00 bits per heavy atom. The van der Waals surface area contributed by atoms with Crippen LogP contribution in [0.5, 0.6) is 0 Å². The third-order valence-electron chi connectivity index (χ3n) is 7.80. The fourth-order valence-electron chi connectivity index (χ4n) is 5.22. The lowest BCUT2D eigenvalue weighted by Crippen LogP contribution is -2.57. The summed E-state index contributed by atoms with van der Waals surface area (Å²) in [5.41, 5.74) is 1.97. The highest BCUT2D eigenvalue weighted by Gasteiger charge is 2.38. The van der Waals surface area contributed by atoms with Crippen molar-refractivity contribution < 1.29 is 33.8 Å². The van der Waals surface area contributed by atoms with E-state index in [4.69, 9.17) is 4.74 Å². The molecule has 0 radical (unpaired) electrons. The number of hydrogen-bond acceptors (Lipinski definition) is 6. The fraction of sp³-hybridized carbons (Fsp3) is 0.382.